The summed E-state index contributed by atoms with van der Waals surface area (Å²) in [5, 5.41) is 9.88. The van der Waals surface area contributed by atoms with Gasteiger partial charge in [0.15, 0.2) is 0 Å². The summed E-state index contributed by atoms with van der Waals surface area (Å²) in [6.45, 7) is 5.22. The molecule has 0 radical (unpaired) electrons. The molecule has 1 aliphatic heterocycles. The molecule has 0 saturated heterocycles. The van der Waals surface area contributed by atoms with Crippen LogP contribution < -0.4 is 4.74 Å². The molecule has 4 rings (SSSR count). The smallest absolute Gasteiger partial charge is 0.259 e. The number of fused-ring (bicyclic) bond motifs is 1. The molecular formula is C31H34FN3O3. The highest BCUT2D eigenvalue weighted by molar-refractivity contribution is 5.97. The highest BCUT2D eigenvalue weighted by Crippen LogP contribution is 2.27. The summed E-state index contributed by atoms with van der Waals surface area (Å²) in [5.41, 5.74) is 2.94. The number of carbonyl (C=O) groups is 1. The van der Waals surface area contributed by atoms with Gasteiger partial charge in [0.05, 0.1) is 12.6 Å². The van der Waals surface area contributed by atoms with Crippen molar-refractivity contribution in [3.63, 3.8) is 0 Å². The molecule has 7 heteroatoms. The van der Waals surface area contributed by atoms with E-state index in [9.17, 15) is 14.3 Å². The van der Waals surface area contributed by atoms with Crippen molar-refractivity contribution in [3.05, 3.63) is 94.9 Å². The van der Waals surface area contributed by atoms with E-state index < -0.39 is 0 Å². The van der Waals surface area contributed by atoms with E-state index in [-0.39, 0.29) is 42.3 Å². The average Bonchev–Trinajstić information content (AvgIpc) is 2.91. The molecule has 1 amide bonds. The summed E-state index contributed by atoms with van der Waals surface area (Å²) in [7, 11) is 1.96. The molecule has 1 aromatic heterocycles. The Kier molecular flexibility index (Phi) is 9.11. The van der Waals surface area contributed by atoms with Crippen LogP contribution in [0.4, 0.5) is 4.39 Å². The molecule has 1 aliphatic rings. The van der Waals surface area contributed by atoms with Crippen molar-refractivity contribution >= 4 is 5.91 Å². The normalized spacial score (nSPS) is 18.1. The van der Waals surface area contributed by atoms with Gasteiger partial charge in [0.1, 0.15) is 17.5 Å². The van der Waals surface area contributed by atoms with Gasteiger partial charge in [0.2, 0.25) is 5.88 Å². The molecule has 0 saturated carbocycles. The Morgan fingerprint density at radius 3 is 2.68 bits per heavy atom. The quantitative estimate of drug-likeness (QED) is 0.479. The number of aliphatic hydroxyl groups is 1. The first kappa shape index (κ1) is 27.3. The van der Waals surface area contributed by atoms with Gasteiger partial charge in [-0.3, -0.25) is 9.69 Å². The Bertz CT molecular complexity index is 1300. The fourth-order valence-electron chi connectivity index (χ4n) is 4.55. The van der Waals surface area contributed by atoms with Gasteiger partial charge in [-0.15, -0.1) is 0 Å². The number of ether oxygens (including phenoxy) is 1. The number of hydrogen-bond acceptors (Lipinski definition) is 5. The molecule has 0 bridgehead atoms. The van der Waals surface area contributed by atoms with Crippen LogP contribution in [0.3, 0.4) is 0 Å². The van der Waals surface area contributed by atoms with Crippen LogP contribution in [0.1, 0.15) is 40.9 Å². The van der Waals surface area contributed by atoms with Gasteiger partial charge >= 0.3 is 0 Å². The Balaban J connectivity index is 1.58. The van der Waals surface area contributed by atoms with E-state index in [1.165, 1.54) is 12.1 Å². The number of nitrogens with zero attached hydrogens (tertiary/aromatic N) is 3. The topological polar surface area (TPSA) is 65.9 Å². The number of halogens is 1. The summed E-state index contributed by atoms with van der Waals surface area (Å²) in [5.74, 6) is 5.99. The van der Waals surface area contributed by atoms with Crippen LogP contribution >= 0.6 is 0 Å². The van der Waals surface area contributed by atoms with Gasteiger partial charge in [-0.1, -0.05) is 61.2 Å². The van der Waals surface area contributed by atoms with Crippen LogP contribution in [-0.4, -0.2) is 64.7 Å². The molecule has 0 fully saturated rings. The number of rotatable bonds is 7. The average molecular weight is 516 g/mol. The van der Waals surface area contributed by atoms with E-state index in [1.54, 1.807) is 23.2 Å². The van der Waals surface area contributed by atoms with Crippen LogP contribution in [0.5, 0.6) is 5.88 Å². The molecule has 0 aliphatic carbocycles. The summed E-state index contributed by atoms with van der Waals surface area (Å²) in [4.78, 5) is 21.8. The second kappa shape index (κ2) is 12.7. The highest BCUT2D eigenvalue weighted by atomic mass is 19.1. The molecule has 38 heavy (non-hydrogen) atoms. The maximum absolute atomic E-state index is 13.7. The van der Waals surface area contributed by atoms with Crippen LogP contribution in [-0.2, 0) is 13.0 Å². The second-order valence-corrected chi connectivity index (χ2v) is 9.99. The molecule has 3 atom stereocenters. The van der Waals surface area contributed by atoms with Crippen LogP contribution in [0.25, 0.3) is 0 Å². The maximum Gasteiger partial charge on any atom is 0.259 e. The van der Waals surface area contributed by atoms with E-state index >= 15 is 0 Å². The van der Waals surface area contributed by atoms with Crippen LogP contribution in [0, 0.1) is 23.6 Å². The van der Waals surface area contributed by atoms with E-state index in [0.717, 1.165) is 11.1 Å². The van der Waals surface area contributed by atoms with Gasteiger partial charge in [-0.05, 0) is 43.3 Å². The number of carbonyl (C=O) groups excluding carboxylic acids is 1. The third-order valence-electron chi connectivity index (χ3n) is 6.72. The van der Waals surface area contributed by atoms with Crippen molar-refractivity contribution in [1.82, 2.24) is 14.8 Å². The maximum atomic E-state index is 13.7. The minimum Gasteiger partial charge on any atom is -0.472 e. The van der Waals surface area contributed by atoms with Crippen LogP contribution in [0.2, 0.25) is 0 Å². The predicted molar refractivity (Wildman–Crippen MR) is 145 cm³/mol. The summed E-state index contributed by atoms with van der Waals surface area (Å²) in [6.07, 6.45) is 1.94. The third-order valence-corrected chi connectivity index (χ3v) is 6.72. The molecule has 6 nitrogen and oxygen atoms in total. The molecule has 198 valence electrons. The SMILES string of the molecule is C[C@H](CO)N1C[C@H](C)[C@@H](CN(C)Cc2cccc(F)c2)Oc2ncc(C#CCc3ccccc3)cc2C1=O. The van der Waals surface area contributed by atoms with Crippen molar-refractivity contribution in [3.8, 4) is 17.7 Å². The van der Waals surface area contributed by atoms with Crippen molar-refractivity contribution < 1.29 is 19.0 Å². The van der Waals surface area contributed by atoms with Gasteiger partial charge in [0.25, 0.3) is 5.91 Å². The van der Waals surface area contributed by atoms with Gasteiger partial charge in [-0.2, -0.15) is 0 Å². The van der Waals surface area contributed by atoms with E-state index in [4.69, 9.17) is 4.74 Å². The summed E-state index contributed by atoms with van der Waals surface area (Å²) < 4.78 is 20.0. The number of aliphatic hydroxyl groups excluding tert-OH is 1. The van der Waals surface area contributed by atoms with Gasteiger partial charge in [-0.25, -0.2) is 9.37 Å². The predicted octanol–water partition coefficient (Wildman–Crippen LogP) is 4.17. The zero-order valence-corrected chi connectivity index (χ0v) is 22.1. The first-order chi connectivity index (χ1) is 18.3. The fraction of sp³-hybridized carbons (Fsp3) is 0.355. The number of aromatic nitrogens is 1. The van der Waals surface area contributed by atoms with E-state index in [1.807, 2.05) is 57.3 Å². The highest BCUT2D eigenvalue weighted by Gasteiger charge is 2.34. The molecule has 2 aromatic carbocycles. The third kappa shape index (κ3) is 6.97. The Morgan fingerprint density at radius 1 is 1.18 bits per heavy atom. The van der Waals surface area contributed by atoms with Crippen molar-refractivity contribution in [2.75, 3.05) is 26.7 Å². The minimum atomic E-state index is -0.366. The Labute approximate surface area is 224 Å². The fourth-order valence-corrected chi connectivity index (χ4v) is 4.55. The van der Waals surface area contributed by atoms with Gasteiger partial charge < -0.3 is 14.7 Å². The van der Waals surface area contributed by atoms with E-state index in [0.29, 0.717) is 37.2 Å². The minimum absolute atomic E-state index is 0.0387. The Morgan fingerprint density at radius 2 is 1.95 bits per heavy atom. The monoisotopic (exact) mass is 515 g/mol. The number of likely N-dealkylation sites (N-methyl/N-ethyl adjacent to an activating group) is 1. The largest absolute Gasteiger partial charge is 0.472 e. The summed E-state index contributed by atoms with van der Waals surface area (Å²) >= 11 is 0. The molecule has 1 N–H and O–H groups in total. The zero-order valence-electron chi connectivity index (χ0n) is 22.1. The number of amides is 1. The van der Waals surface area contributed by atoms with Crippen molar-refractivity contribution in [2.45, 2.75) is 39.0 Å². The number of pyridine rings is 1. The summed E-state index contributed by atoms with van der Waals surface area (Å²) in [6, 6.07) is 17.9. The lowest BCUT2D eigenvalue weighted by molar-refractivity contribution is 0.0325. The lowest BCUT2D eigenvalue weighted by Crippen LogP contribution is -2.49. The number of hydrogen-bond donors (Lipinski definition) is 1. The Hall–Kier alpha value is -3.73. The van der Waals surface area contributed by atoms with E-state index in [2.05, 4.69) is 21.7 Å². The van der Waals surface area contributed by atoms with Gasteiger partial charge in [0, 0.05) is 43.7 Å². The molecule has 2 heterocycles. The lowest BCUT2D eigenvalue weighted by Gasteiger charge is -2.37. The van der Waals surface area contributed by atoms with Crippen LogP contribution in [0.15, 0.2) is 66.9 Å². The standard InChI is InChI=1S/C31H34FN3O3/c1-22-18-35(23(2)21-36)31(37)28-16-25(12-7-11-24-9-5-4-6-10-24)17-33-30(28)38-29(22)20-34(3)19-26-13-8-14-27(32)15-26/h4-6,8-10,13-17,22-23,29,36H,11,18-21H2,1-3H3/t22-,23+,29+/m0/s1. The second-order valence-electron chi connectivity index (χ2n) is 9.99. The first-order valence-electron chi connectivity index (χ1n) is 12.9. The number of benzene rings is 2. The molecular weight excluding hydrogens is 481 g/mol. The zero-order chi connectivity index (χ0) is 27.1. The molecule has 3 aromatic rings. The lowest BCUT2D eigenvalue weighted by atomic mass is 9.99. The van der Waals surface area contributed by atoms with Crippen molar-refractivity contribution in [1.29, 1.82) is 0 Å². The first-order valence-corrected chi connectivity index (χ1v) is 12.9. The molecule has 0 unspecified atom stereocenters. The molecule has 0 spiro atoms. The van der Waals surface area contributed by atoms with Crippen molar-refractivity contribution in [2.24, 2.45) is 5.92 Å².